The number of esters is 1. The number of fused-ring (bicyclic) bond motifs is 5. The van der Waals surface area contributed by atoms with Gasteiger partial charge >= 0.3 is 5.97 Å². The second-order valence-corrected chi connectivity index (χ2v) is 16.9. The highest BCUT2D eigenvalue weighted by atomic mass is 28.4. The zero-order chi connectivity index (χ0) is 20.5. The summed E-state index contributed by atoms with van der Waals surface area (Å²) in [6, 6.07) is 0. The van der Waals surface area contributed by atoms with Crippen molar-refractivity contribution in [1.82, 2.24) is 0 Å². The van der Waals surface area contributed by atoms with Gasteiger partial charge in [-0.15, -0.1) is 0 Å². The van der Waals surface area contributed by atoms with Gasteiger partial charge in [0.25, 0.3) is 0 Å². The second-order valence-electron chi connectivity index (χ2n) is 12.1. The summed E-state index contributed by atoms with van der Waals surface area (Å²) < 4.78 is 12.5. The highest BCUT2D eigenvalue weighted by Gasteiger charge is 2.60. The first kappa shape index (κ1) is 20.7. The monoisotopic (exact) mass is 404 g/mol. The van der Waals surface area contributed by atoms with Crippen molar-refractivity contribution in [2.45, 2.75) is 97.4 Å². The molecule has 3 fully saturated rings. The zero-order valence-electron chi connectivity index (χ0n) is 19.1. The molecule has 0 amide bonds. The fraction of sp³-hybridized carbons (Fsp3) is 0.875. The van der Waals surface area contributed by atoms with Crippen LogP contribution in [-0.2, 0) is 14.0 Å². The van der Waals surface area contributed by atoms with Crippen LogP contribution in [0.25, 0.3) is 0 Å². The molecule has 0 aromatic heterocycles. The van der Waals surface area contributed by atoms with Crippen LogP contribution in [0.4, 0.5) is 0 Å². The Bertz CT molecular complexity index is 690. The van der Waals surface area contributed by atoms with Gasteiger partial charge in [0.15, 0.2) is 8.32 Å². The molecule has 0 aromatic carbocycles. The summed E-state index contributed by atoms with van der Waals surface area (Å²) in [4.78, 5) is 11.8. The minimum atomic E-state index is -1.75. The van der Waals surface area contributed by atoms with E-state index in [1.54, 1.807) is 0 Å². The third-order valence-corrected chi connectivity index (χ3v) is 14.2. The van der Waals surface area contributed by atoms with Gasteiger partial charge in [-0.3, -0.25) is 0 Å². The molecule has 3 aliphatic carbocycles. The zero-order valence-corrected chi connectivity index (χ0v) is 20.1. The molecule has 4 rings (SSSR count). The Hall–Kier alpha value is -0.613. The molecule has 1 aliphatic heterocycles. The Morgan fingerprint density at radius 3 is 2.50 bits per heavy atom. The number of carbonyl (C=O) groups excluding carboxylic acids is 1. The Labute approximate surface area is 172 Å². The van der Waals surface area contributed by atoms with Gasteiger partial charge in [0.2, 0.25) is 0 Å². The largest absolute Gasteiger partial charge is 0.462 e. The van der Waals surface area contributed by atoms with Crippen LogP contribution in [0, 0.1) is 28.6 Å². The van der Waals surface area contributed by atoms with E-state index in [-0.39, 0.29) is 16.4 Å². The maximum absolute atomic E-state index is 11.8. The molecule has 28 heavy (non-hydrogen) atoms. The molecule has 0 unspecified atom stereocenters. The third kappa shape index (κ3) is 2.96. The minimum Gasteiger partial charge on any atom is -0.462 e. The van der Waals surface area contributed by atoms with Crippen LogP contribution in [0.1, 0.15) is 73.1 Å². The highest BCUT2D eigenvalue weighted by molar-refractivity contribution is 6.74. The lowest BCUT2D eigenvalue weighted by Gasteiger charge is -2.58. The highest BCUT2D eigenvalue weighted by Crippen LogP contribution is 2.65. The Kier molecular flexibility index (Phi) is 4.75. The van der Waals surface area contributed by atoms with Crippen molar-refractivity contribution < 1.29 is 14.0 Å². The number of hydrogen-bond acceptors (Lipinski definition) is 3. The topological polar surface area (TPSA) is 35.5 Å². The summed E-state index contributed by atoms with van der Waals surface area (Å²) in [6.07, 6.45) is 9.60. The van der Waals surface area contributed by atoms with Crippen molar-refractivity contribution in [3.8, 4) is 0 Å². The summed E-state index contributed by atoms with van der Waals surface area (Å²) >= 11 is 0. The van der Waals surface area contributed by atoms with Crippen molar-refractivity contribution in [3.05, 3.63) is 11.6 Å². The first-order valence-electron chi connectivity index (χ1n) is 11.4. The number of rotatable bonds is 2. The van der Waals surface area contributed by atoms with Gasteiger partial charge < -0.3 is 9.16 Å². The maximum Gasteiger partial charge on any atom is 0.330 e. The fourth-order valence-corrected chi connectivity index (χ4v) is 8.30. The smallest absolute Gasteiger partial charge is 0.330 e. The van der Waals surface area contributed by atoms with Crippen LogP contribution >= 0.6 is 0 Å². The van der Waals surface area contributed by atoms with E-state index in [0.717, 1.165) is 18.3 Å². The van der Waals surface area contributed by atoms with Crippen LogP contribution in [0.15, 0.2) is 11.6 Å². The van der Waals surface area contributed by atoms with Gasteiger partial charge in [-0.1, -0.05) is 40.2 Å². The number of cyclic esters (lactones) is 1. The summed E-state index contributed by atoms with van der Waals surface area (Å²) in [5.74, 6) is 2.04. The molecule has 0 radical (unpaired) electrons. The van der Waals surface area contributed by atoms with Crippen LogP contribution < -0.4 is 0 Å². The Morgan fingerprint density at radius 1 is 1.11 bits per heavy atom. The molecule has 4 heteroatoms. The summed E-state index contributed by atoms with van der Waals surface area (Å²) in [5, 5.41) is 0.267. The van der Waals surface area contributed by atoms with Gasteiger partial charge in [-0.2, -0.15) is 0 Å². The number of carbonyl (C=O) groups is 1. The van der Waals surface area contributed by atoms with Gasteiger partial charge in [-0.05, 0) is 79.8 Å². The molecule has 0 N–H and O–H groups in total. The first-order chi connectivity index (χ1) is 12.9. The van der Waals surface area contributed by atoms with E-state index < -0.39 is 8.32 Å². The quantitative estimate of drug-likeness (QED) is 0.412. The third-order valence-electron chi connectivity index (χ3n) is 9.70. The molecule has 0 aromatic rings. The second kappa shape index (κ2) is 6.44. The van der Waals surface area contributed by atoms with E-state index in [1.807, 2.05) is 6.08 Å². The number of ether oxygens (including phenoxy) is 1. The molecule has 3 saturated carbocycles. The first-order valence-corrected chi connectivity index (χ1v) is 14.3. The minimum absolute atomic E-state index is 0.0660. The van der Waals surface area contributed by atoms with Crippen molar-refractivity contribution in [3.63, 3.8) is 0 Å². The SMILES string of the molecule is CC(C)(C)[Si](C)(C)O[C@H]1CC[C@H]2[C@@H]3CCC4=CC(=O)OC[C@]4(C)[C@H]3CC[C@]12C. The van der Waals surface area contributed by atoms with Crippen molar-refractivity contribution in [2.24, 2.45) is 28.6 Å². The molecule has 158 valence electrons. The summed E-state index contributed by atoms with van der Waals surface area (Å²) in [6.45, 7) is 17.4. The van der Waals surface area contributed by atoms with Crippen LogP contribution in [0.3, 0.4) is 0 Å². The van der Waals surface area contributed by atoms with Crippen molar-refractivity contribution >= 4 is 14.3 Å². The van der Waals surface area contributed by atoms with Crippen molar-refractivity contribution in [2.75, 3.05) is 6.61 Å². The van der Waals surface area contributed by atoms with Crippen LogP contribution in [0.5, 0.6) is 0 Å². The van der Waals surface area contributed by atoms with Crippen LogP contribution in [-0.4, -0.2) is 27.0 Å². The van der Waals surface area contributed by atoms with E-state index in [2.05, 4.69) is 47.7 Å². The molecular formula is C24H40O3Si. The number of hydrogen-bond donors (Lipinski definition) is 0. The molecule has 4 aliphatic rings. The predicted molar refractivity (Wildman–Crippen MR) is 115 cm³/mol. The van der Waals surface area contributed by atoms with E-state index in [9.17, 15) is 4.79 Å². The molecule has 3 nitrogen and oxygen atoms in total. The van der Waals surface area contributed by atoms with E-state index in [0.29, 0.717) is 24.0 Å². The Morgan fingerprint density at radius 2 is 1.82 bits per heavy atom. The van der Waals surface area contributed by atoms with E-state index in [1.165, 1.54) is 37.7 Å². The predicted octanol–water partition coefficient (Wildman–Crippen LogP) is 6.10. The maximum atomic E-state index is 11.8. The molecule has 0 saturated heterocycles. The lowest BCUT2D eigenvalue weighted by Crippen LogP contribution is -2.54. The van der Waals surface area contributed by atoms with Crippen molar-refractivity contribution in [1.29, 1.82) is 0 Å². The summed E-state index contributed by atoms with van der Waals surface area (Å²) in [7, 11) is -1.75. The van der Waals surface area contributed by atoms with Gasteiger partial charge in [0, 0.05) is 11.5 Å². The standard InChI is InChI=1S/C24H40O3Si/c1-22(2,3)28(6,7)27-20-11-10-18-17-9-8-16-14-21(25)26-15-24(16,5)19(17)12-13-23(18,20)4/h14,17-20H,8-13,15H2,1-7H3/t17-,18-,19-,20-,23-,24-/m0/s1. The molecule has 1 heterocycles. The van der Waals surface area contributed by atoms with Gasteiger partial charge in [0.05, 0.1) is 6.10 Å². The lowest BCUT2D eigenvalue weighted by molar-refractivity contribution is -0.148. The Balaban J connectivity index is 1.57. The fourth-order valence-electron chi connectivity index (χ4n) is 6.85. The lowest BCUT2D eigenvalue weighted by atomic mass is 9.49. The average molecular weight is 405 g/mol. The van der Waals surface area contributed by atoms with Gasteiger partial charge in [-0.25, -0.2) is 4.79 Å². The molecule has 6 atom stereocenters. The average Bonchev–Trinajstić information content (AvgIpc) is 2.91. The summed E-state index contributed by atoms with van der Waals surface area (Å²) in [5.41, 5.74) is 1.75. The van der Waals surface area contributed by atoms with E-state index >= 15 is 0 Å². The molecular weight excluding hydrogens is 364 g/mol. The molecule has 0 spiro atoms. The van der Waals surface area contributed by atoms with Crippen LogP contribution in [0.2, 0.25) is 18.1 Å². The normalized spacial score (nSPS) is 43.5. The molecule has 0 bridgehead atoms. The van der Waals surface area contributed by atoms with Gasteiger partial charge in [0.1, 0.15) is 6.61 Å². The van der Waals surface area contributed by atoms with E-state index in [4.69, 9.17) is 9.16 Å².